The average Bonchev–Trinajstić information content (AvgIpc) is 2.87. The average molecular weight is 334 g/mol. The van der Waals surface area contributed by atoms with Crippen LogP contribution in [0.25, 0.3) is 0 Å². The molecule has 2 unspecified atom stereocenters. The fourth-order valence-electron chi connectivity index (χ4n) is 2.70. The van der Waals surface area contributed by atoms with Gasteiger partial charge in [0.05, 0.1) is 17.6 Å². The van der Waals surface area contributed by atoms with Crippen molar-refractivity contribution < 1.29 is 18.3 Å². The van der Waals surface area contributed by atoms with Crippen molar-refractivity contribution in [2.45, 2.75) is 49.8 Å². The topological polar surface area (TPSA) is 75.6 Å². The summed E-state index contributed by atoms with van der Waals surface area (Å²) >= 11 is 5.95. The number of nitrogens with one attached hydrogen (secondary N) is 1. The van der Waals surface area contributed by atoms with Gasteiger partial charge in [-0.1, -0.05) is 11.6 Å². The van der Waals surface area contributed by atoms with Crippen molar-refractivity contribution in [1.29, 1.82) is 0 Å². The second kappa shape index (κ2) is 6.62. The highest BCUT2D eigenvalue weighted by molar-refractivity contribution is 7.89. The lowest BCUT2D eigenvalue weighted by Crippen LogP contribution is -2.34. The van der Waals surface area contributed by atoms with Crippen molar-refractivity contribution in [2.75, 3.05) is 7.11 Å². The van der Waals surface area contributed by atoms with Gasteiger partial charge in [-0.3, -0.25) is 0 Å². The summed E-state index contributed by atoms with van der Waals surface area (Å²) in [6, 6.07) is 2.86. The number of aliphatic hydroxyl groups excluding tert-OH is 1. The molecule has 0 heterocycles. The minimum atomic E-state index is -3.66. The van der Waals surface area contributed by atoms with E-state index in [-0.39, 0.29) is 23.6 Å². The Morgan fingerprint density at radius 1 is 1.43 bits per heavy atom. The molecular weight excluding hydrogens is 314 g/mol. The first-order valence-corrected chi connectivity index (χ1v) is 8.68. The quantitative estimate of drug-likeness (QED) is 0.864. The third-order valence-electron chi connectivity index (χ3n) is 3.93. The van der Waals surface area contributed by atoms with Crippen LogP contribution in [0.3, 0.4) is 0 Å². The molecule has 2 atom stereocenters. The van der Waals surface area contributed by atoms with Gasteiger partial charge in [-0.15, -0.1) is 0 Å². The Labute approximate surface area is 130 Å². The number of halogens is 1. The van der Waals surface area contributed by atoms with Crippen LogP contribution < -0.4 is 4.72 Å². The van der Waals surface area contributed by atoms with Crippen LogP contribution in [0.5, 0.6) is 0 Å². The van der Waals surface area contributed by atoms with E-state index in [9.17, 15) is 13.5 Å². The zero-order chi connectivity index (χ0) is 15.6. The van der Waals surface area contributed by atoms with Crippen LogP contribution in [0, 0.1) is 6.92 Å². The molecule has 7 heteroatoms. The van der Waals surface area contributed by atoms with Crippen molar-refractivity contribution in [3.63, 3.8) is 0 Å². The number of hydrogen-bond donors (Lipinski definition) is 2. The number of ether oxygens (including phenoxy) is 1. The molecule has 0 bridgehead atoms. The van der Waals surface area contributed by atoms with Gasteiger partial charge in [0.25, 0.3) is 0 Å². The molecule has 5 nitrogen and oxygen atoms in total. The van der Waals surface area contributed by atoms with E-state index in [2.05, 4.69) is 4.72 Å². The van der Waals surface area contributed by atoms with E-state index < -0.39 is 10.0 Å². The van der Waals surface area contributed by atoms with Gasteiger partial charge in [0.1, 0.15) is 0 Å². The van der Waals surface area contributed by atoms with Crippen LogP contribution >= 0.6 is 11.6 Å². The molecule has 0 amide bonds. The number of methoxy groups -OCH3 is 1. The summed E-state index contributed by atoms with van der Waals surface area (Å²) in [7, 11) is -2.03. The molecule has 2 rings (SSSR count). The molecule has 1 aromatic rings. The molecule has 1 saturated carbocycles. The van der Waals surface area contributed by atoms with Gasteiger partial charge in [-0.05, 0) is 49.4 Å². The molecule has 1 aliphatic rings. The molecule has 1 aliphatic carbocycles. The molecule has 0 spiro atoms. The van der Waals surface area contributed by atoms with Crippen LogP contribution in [-0.4, -0.2) is 32.8 Å². The SMILES string of the molecule is COC1CCC(NS(=O)(=O)c2cc(Cl)cc(CO)c2C)C1. The fourth-order valence-corrected chi connectivity index (χ4v) is 4.60. The lowest BCUT2D eigenvalue weighted by molar-refractivity contribution is 0.107. The van der Waals surface area contributed by atoms with Gasteiger partial charge in [-0.2, -0.15) is 0 Å². The Morgan fingerprint density at radius 3 is 2.71 bits per heavy atom. The third kappa shape index (κ3) is 3.76. The zero-order valence-corrected chi connectivity index (χ0v) is 13.7. The predicted octanol–water partition coefficient (Wildman–Crippen LogP) is 1.99. The van der Waals surface area contributed by atoms with Crippen LogP contribution in [-0.2, 0) is 21.4 Å². The molecule has 21 heavy (non-hydrogen) atoms. The van der Waals surface area contributed by atoms with Crippen molar-refractivity contribution >= 4 is 21.6 Å². The summed E-state index contributed by atoms with van der Waals surface area (Å²) in [5.74, 6) is 0. The molecule has 2 N–H and O–H groups in total. The Bertz CT molecular complexity index is 618. The summed E-state index contributed by atoms with van der Waals surface area (Å²) in [5, 5.41) is 9.59. The Kier molecular flexibility index (Phi) is 5.27. The highest BCUT2D eigenvalue weighted by Crippen LogP contribution is 2.27. The smallest absolute Gasteiger partial charge is 0.241 e. The summed E-state index contributed by atoms with van der Waals surface area (Å²) in [4.78, 5) is 0.125. The first-order valence-electron chi connectivity index (χ1n) is 6.82. The molecule has 0 radical (unpaired) electrons. The number of benzene rings is 1. The minimum Gasteiger partial charge on any atom is -0.392 e. The van der Waals surface area contributed by atoms with Gasteiger partial charge >= 0.3 is 0 Å². The fraction of sp³-hybridized carbons (Fsp3) is 0.571. The standard InChI is InChI=1S/C14H20ClNO4S/c1-9-10(8-17)5-11(15)6-14(9)21(18,19)16-12-3-4-13(7-12)20-2/h5-6,12-13,16-17H,3-4,7-8H2,1-2H3. The lowest BCUT2D eigenvalue weighted by atomic mass is 10.1. The first kappa shape index (κ1) is 16.7. The van der Waals surface area contributed by atoms with E-state index in [1.807, 2.05) is 0 Å². The van der Waals surface area contributed by atoms with E-state index in [1.165, 1.54) is 6.07 Å². The largest absolute Gasteiger partial charge is 0.392 e. The van der Waals surface area contributed by atoms with Gasteiger partial charge in [0.2, 0.25) is 10.0 Å². The van der Waals surface area contributed by atoms with Gasteiger partial charge in [0.15, 0.2) is 0 Å². The van der Waals surface area contributed by atoms with Gasteiger partial charge < -0.3 is 9.84 Å². The Hall–Kier alpha value is -0.660. The molecule has 0 aromatic heterocycles. The Morgan fingerprint density at radius 2 is 2.14 bits per heavy atom. The Balaban J connectivity index is 2.26. The van der Waals surface area contributed by atoms with E-state index in [1.54, 1.807) is 20.1 Å². The van der Waals surface area contributed by atoms with E-state index in [0.717, 1.165) is 12.8 Å². The van der Waals surface area contributed by atoms with E-state index in [0.29, 0.717) is 22.6 Å². The van der Waals surface area contributed by atoms with Crippen molar-refractivity contribution in [3.8, 4) is 0 Å². The lowest BCUT2D eigenvalue weighted by Gasteiger charge is -2.16. The zero-order valence-electron chi connectivity index (χ0n) is 12.1. The maximum Gasteiger partial charge on any atom is 0.241 e. The highest BCUT2D eigenvalue weighted by atomic mass is 35.5. The number of hydrogen-bond acceptors (Lipinski definition) is 4. The molecular formula is C14H20ClNO4S. The maximum absolute atomic E-state index is 12.5. The van der Waals surface area contributed by atoms with Crippen molar-refractivity contribution in [1.82, 2.24) is 4.72 Å². The third-order valence-corrected chi connectivity index (χ3v) is 5.80. The molecule has 0 saturated heterocycles. The molecule has 0 aliphatic heterocycles. The van der Waals surface area contributed by atoms with Crippen molar-refractivity contribution in [2.24, 2.45) is 0 Å². The van der Waals surface area contributed by atoms with Crippen LogP contribution in [0.15, 0.2) is 17.0 Å². The summed E-state index contributed by atoms with van der Waals surface area (Å²) < 4.78 is 33.0. The van der Waals surface area contributed by atoms with E-state index >= 15 is 0 Å². The number of sulfonamides is 1. The van der Waals surface area contributed by atoms with Gasteiger partial charge in [-0.25, -0.2) is 13.1 Å². The maximum atomic E-state index is 12.5. The second-order valence-electron chi connectivity index (χ2n) is 5.34. The second-order valence-corrected chi connectivity index (χ2v) is 7.45. The number of aliphatic hydroxyl groups is 1. The van der Waals surface area contributed by atoms with Gasteiger partial charge in [0, 0.05) is 18.2 Å². The normalized spacial score (nSPS) is 22.7. The highest BCUT2D eigenvalue weighted by Gasteiger charge is 2.29. The van der Waals surface area contributed by atoms with Crippen LogP contribution in [0.1, 0.15) is 30.4 Å². The minimum absolute atomic E-state index is 0.103. The summed E-state index contributed by atoms with van der Waals surface area (Å²) in [5.41, 5.74) is 1.04. The van der Waals surface area contributed by atoms with Crippen molar-refractivity contribution in [3.05, 3.63) is 28.3 Å². The predicted molar refractivity (Wildman–Crippen MR) is 80.9 cm³/mol. The molecule has 1 fully saturated rings. The van der Waals surface area contributed by atoms with Crippen LogP contribution in [0.4, 0.5) is 0 Å². The molecule has 1 aromatic carbocycles. The first-order chi connectivity index (χ1) is 9.87. The molecule has 118 valence electrons. The summed E-state index contributed by atoms with van der Waals surface area (Å²) in [6.07, 6.45) is 2.37. The number of rotatable bonds is 5. The van der Waals surface area contributed by atoms with E-state index in [4.69, 9.17) is 16.3 Å². The monoisotopic (exact) mass is 333 g/mol. The van der Waals surface area contributed by atoms with Crippen LogP contribution in [0.2, 0.25) is 5.02 Å². The summed E-state index contributed by atoms with van der Waals surface area (Å²) in [6.45, 7) is 1.42.